The van der Waals surface area contributed by atoms with Crippen LogP contribution in [0.15, 0.2) is 0 Å². The van der Waals surface area contributed by atoms with Crippen LogP contribution in [0, 0.1) is 0 Å². The van der Waals surface area contributed by atoms with Crippen LogP contribution < -0.4 is 11.1 Å². The van der Waals surface area contributed by atoms with Gasteiger partial charge in [-0.15, -0.1) is 0 Å². The van der Waals surface area contributed by atoms with E-state index in [1.165, 1.54) is 19.4 Å². The summed E-state index contributed by atoms with van der Waals surface area (Å²) in [4.78, 5) is 2.63. The molecule has 0 aromatic carbocycles. The van der Waals surface area contributed by atoms with Crippen molar-refractivity contribution < 1.29 is 0 Å². The van der Waals surface area contributed by atoms with Crippen molar-refractivity contribution in [3.05, 3.63) is 0 Å². The predicted molar refractivity (Wildman–Crippen MR) is 73.1 cm³/mol. The Balaban J connectivity index is 2.34. The van der Waals surface area contributed by atoms with Crippen molar-refractivity contribution in [2.75, 3.05) is 13.1 Å². The van der Waals surface area contributed by atoms with Gasteiger partial charge in [0.05, 0.1) is 0 Å². The maximum absolute atomic E-state index is 6.48. The van der Waals surface area contributed by atoms with Crippen molar-refractivity contribution in [3.8, 4) is 0 Å². The largest absolute Gasteiger partial charge is 0.326 e. The highest BCUT2D eigenvalue weighted by Gasteiger charge is 2.55. The minimum Gasteiger partial charge on any atom is -0.326 e. The maximum Gasteiger partial charge on any atom is 0.0395 e. The van der Waals surface area contributed by atoms with Gasteiger partial charge in [-0.25, -0.2) is 0 Å². The Morgan fingerprint density at radius 2 is 1.71 bits per heavy atom. The van der Waals surface area contributed by atoms with Gasteiger partial charge in [0.15, 0.2) is 0 Å². The molecule has 1 unspecified atom stereocenters. The third-order valence-electron chi connectivity index (χ3n) is 4.58. The minimum atomic E-state index is 0.178. The van der Waals surface area contributed by atoms with Crippen molar-refractivity contribution in [1.82, 2.24) is 10.2 Å². The molecule has 2 aliphatic heterocycles. The van der Waals surface area contributed by atoms with E-state index in [4.69, 9.17) is 5.73 Å². The SMILES string of the molecule is CCN1CCC(N)C12CC(C)(C)NC(C)(C)C2. The molecule has 0 bridgehead atoms. The van der Waals surface area contributed by atoms with E-state index in [0.29, 0.717) is 6.04 Å². The highest BCUT2D eigenvalue weighted by molar-refractivity contribution is 5.15. The van der Waals surface area contributed by atoms with Gasteiger partial charge in [-0.05, 0) is 53.5 Å². The quantitative estimate of drug-likeness (QED) is 0.732. The summed E-state index contributed by atoms with van der Waals surface area (Å²) in [7, 11) is 0. The maximum atomic E-state index is 6.48. The molecule has 1 spiro atoms. The molecule has 2 saturated heterocycles. The van der Waals surface area contributed by atoms with Crippen LogP contribution in [0.25, 0.3) is 0 Å². The first kappa shape index (κ1) is 13.3. The molecule has 3 heteroatoms. The highest BCUT2D eigenvalue weighted by Crippen LogP contribution is 2.45. The fourth-order valence-electron chi connectivity index (χ4n) is 4.58. The lowest BCUT2D eigenvalue weighted by Crippen LogP contribution is -2.70. The van der Waals surface area contributed by atoms with Crippen LogP contribution in [0.5, 0.6) is 0 Å². The first-order valence-electron chi connectivity index (χ1n) is 7.01. The summed E-state index contributed by atoms with van der Waals surface area (Å²) in [5.74, 6) is 0. The fraction of sp³-hybridized carbons (Fsp3) is 1.00. The van der Waals surface area contributed by atoms with Crippen LogP contribution in [0.3, 0.4) is 0 Å². The normalized spacial score (nSPS) is 35.3. The third-order valence-corrected chi connectivity index (χ3v) is 4.58. The molecular weight excluding hydrogens is 210 g/mol. The molecule has 0 radical (unpaired) electrons. The van der Waals surface area contributed by atoms with Gasteiger partial charge in [-0.1, -0.05) is 6.92 Å². The molecule has 0 aliphatic carbocycles. The number of hydrogen-bond acceptors (Lipinski definition) is 3. The van der Waals surface area contributed by atoms with Crippen molar-refractivity contribution in [2.24, 2.45) is 5.73 Å². The van der Waals surface area contributed by atoms with E-state index in [1.807, 2.05) is 0 Å². The standard InChI is InChI=1S/C14H29N3/c1-6-17-8-7-11(15)14(17)9-12(2,3)16-13(4,5)10-14/h11,16H,6-10,15H2,1-5H3. The highest BCUT2D eigenvalue weighted by atomic mass is 15.3. The van der Waals surface area contributed by atoms with Gasteiger partial charge in [0.2, 0.25) is 0 Å². The van der Waals surface area contributed by atoms with E-state index in [1.54, 1.807) is 0 Å². The lowest BCUT2D eigenvalue weighted by atomic mass is 9.68. The van der Waals surface area contributed by atoms with Crippen molar-refractivity contribution in [3.63, 3.8) is 0 Å². The number of nitrogens with zero attached hydrogens (tertiary/aromatic N) is 1. The van der Waals surface area contributed by atoms with E-state index >= 15 is 0 Å². The Kier molecular flexibility index (Phi) is 3.08. The molecule has 1 atom stereocenters. The molecule has 0 saturated carbocycles. The number of rotatable bonds is 1. The molecule has 2 fully saturated rings. The molecule has 100 valence electrons. The summed E-state index contributed by atoms with van der Waals surface area (Å²) < 4.78 is 0. The Hall–Kier alpha value is -0.120. The van der Waals surface area contributed by atoms with Gasteiger partial charge >= 0.3 is 0 Å². The molecular formula is C14H29N3. The van der Waals surface area contributed by atoms with Gasteiger partial charge < -0.3 is 11.1 Å². The van der Waals surface area contributed by atoms with Crippen LogP contribution in [0.2, 0.25) is 0 Å². The fourth-order valence-corrected chi connectivity index (χ4v) is 4.58. The van der Waals surface area contributed by atoms with Crippen LogP contribution in [0.4, 0.5) is 0 Å². The molecule has 0 aromatic rings. The lowest BCUT2D eigenvalue weighted by molar-refractivity contribution is 0.00525. The molecule has 2 aliphatic rings. The average molecular weight is 239 g/mol. The Morgan fingerprint density at radius 1 is 1.18 bits per heavy atom. The molecule has 3 nitrogen and oxygen atoms in total. The van der Waals surface area contributed by atoms with Crippen molar-refractivity contribution >= 4 is 0 Å². The molecule has 0 amide bonds. The number of nitrogens with two attached hydrogens (primary N) is 1. The van der Waals surface area contributed by atoms with E-state index in [2.05, 4.69) is 44.8 Å². The Labute approximate surface area is 106 Å². The zero-order valence-corrected chi connectivity index (χ0v) is 12.1. The van der Waals surface area contributed by atoms with E-state index < -0.39 is 0 Å². The second-order valence-electron chi connectivity index (χ2n) is 7.32. The Bertz CT molecular complexity index is 280. The smallest absolute Gasteiger partial charge is 0.0395 e. The van der Waals surface area contributed by atoms with E-state index in [0.717, 1.165) is 13.0 Å². The number of nitrogens with one attached hydrogen (secondary N) is 1. The van der Waals surface area contributed by atoms with E-state index in [9.17, 15) is 0 Å². The van der Waals surface area contributed by atoms with Gasteiger partial charge in [-0.3, -0.25) is 4.90 Å². The van der Waals surface area contributed by atoms with Crippen LogP contribution in [-0.4, -0.2) is 40.6 Å². The average Bonchev–Trinajstić information content (AvgIpc) is 2.38. The number of piperidine rings is 1. The van der Waals surface area contributed by atoms with Gasteiger partial charge in [0.1, 0.15) is 0 Å². The molecule has 2 heterocycles. The summed E-state index contributed by atoms with van der Waals surface area (Å²) in [5.41, 5.74) is 7.05. The monoisotopic (exact) mass is 239 g/mol. The lowest BCUT2D eigenvalue weighted by Gasteiger charge is -2.56. The minimum absolute atomic E-state index is 0.178. The number of likely N-dealkylation sites (tertiary alicyclic amines) is 1. The van der Waals surface area contributed by atoms with Gasteiger partial charge in [0, 0.05) is 29.2 Å². The first-order valence-corrected chi connectivity index (χ1v) is 7.01. The van der Waals surface area contributed by atoms with Crippen LogP contribution in [-0.2, 0) is 0 Å². The summed E-state index contributed by atoms with van der Waals surface area (Å²) in [6.45, 7) is 13.8. The van der Waals surface area contributed by atoms with E-state index in [-0.39, 0.29) is 16.6 Å². The topological polar surface area (TPSA) is 41.3 Å². The summed E-state index contributed by atoms with van der Waals surface area (Å²) >= 11 is 0. The molecule has 17 heavy (non-hydrogen) atoms. The van der Waals surface area contributed by atoms with Crippen molar-refractivity contribution in [1.29, 1.82) is 0 Å². The third kappa shape index (κ3) is 2.25. The first-order chi connectivity index (χ1) is 7.71. The van der Waals surface area contributed by atoms with Crippen molar-refractivity contribution in [2.45, 2.75) is 76.5 Å². The zero-order valence-electron chi connectivity index (χ0n) is 12.1. The zero-order chi connectivity index (χ0) is 12.9. The molecule has 3 N–H and O–H groups in total. The predicted octanol–water partition coefficient (Wildman–Crippen LogP) is 1.72. The number of hydrogen-bond donors (Lipinski definition) is 2. The Morgan fingerprint density at radius 3 is 2.18 bits per heavy atom. The van der Waals surface area contributed by atoms with Gasteiger partial charge in [-0.2, -0.15) is 0 Å². The summed E-state index contributed by atoms with van der Waals surface area (Å²) in [6.07, 6.45) is 3.48. The number of likely N-dealkylation sites (N-methyl/N-ethyl adjacent to an activating group) is 1. The van der Waals surface area contributed by atoms with Crippen LogP contribution in [0.1, 0.15) is 53.9 Å². The summed E-state index contributed by atoms with van der Waals surface area (Å²) in [6, 6.07) is 0.336. The second kappa shape index (κ2) is 3.94. The second-order valence-corrected chi connectivity index (χ2v) is 7.32. The van der Waals surface area contributed by atoms with Gasteiger partial charge in [0.25, 0.3) is 0 Å². The molecule has 2 rings (SSSR count). The summed E-state index contributed by atoms with van der Waals surface area (Å²) in [5, 5.41) is 3.77. The van der Waals surface area contributed by atoms with Crippen LogP contribution >= 0.6 is 0 Å². The molecule has 0 aromatic heterocycles.